The molecule has 14 heavy (non-hydrogen) atoms. The highest BCUT2D eigenvalue weighted by Crippen LogP contribution is 2.09. The van der Waals surface area contributed by atoms with Crippen LogP contribution < -0.4 is 0 Å². The van der Waals surface area contributed by atoms with Gasteiger partial charge < -0.3 is 0 Å². The van der Waals surface area contributed by atoms with Crippen molar-refractivity contribution in [1.82, 2.24) is 0 Å². The molecule has 0 fully saturated rings. The van der Waals surface area contributed by atoms with Crippen molar-refractivity contribution in [3.05, 3.63) is 23.8 Å². The molecule has 0 atom stereocenters. The van der Waals surface area contributed by atoms with E-state index in [-0.39, 0.29) is 0 Å². The van der Waals surface area contributed by atoms with Gasteiger partial charge in [0.1, 0.15) is 0 Å². The molecule has 0 aliphatic heterocycles. The molecule has 0 aliphatic carbocycles. The van der Waals surface area contributed by atoms with E-state index in [1.807, 2.05) is 55.4 Å². The minimum absolute atomic E-state index is 1.10. The van der Waals surface area contributed by atoms with Gasteiger partial charge in [0.25, 0.3) is 0 Å². The van der Waals surface area contributed by atoms with Gasteiger partial charge in [-0.2, -0.15) is 0 Å². The van der Waals surface area contributed by atoms with E-state index in [9.17, 15) is 0 Å². The summed E-state index contributed by atoms with van der Waals surface area (Å²) >= 11 is 0. The zero-order valence-corrected chi connectivity index (χ0v) is 12.0. The zero-order valence-electron chi connectivity index (χ0n) is 12.0. The Bertz CT molecular complexity index is 107. The van der Waals surface area contributed by atoms with Gasteiger partial charge in [0.05, 0.1) is 0 Å². The lowest BCUT2D eigenvalue weighted by molar-refractivity contribution is 1.10. The molecule has 0 rings (SSSR count). The molecule has 0 radical (unpaired) electrons. The second kappa shape index (κ2) is 29.4. The van der Waals surface area contributed by atoms with Crippen molar-refractivity contribution in [3.8, 4) is 0 Å². The molecule has 0 aromatic rings. The molecule has 0 N–H and O–H groups in total. The third-order valence-electron chi connectivity index (χ3n) is 1.28. The van der Waals surface area contributed by atoms with E-state index in [4.69, 9.17) is 0 Å². The van der Waals surface area contributed by atoms with Crippen molar-refractivity contribution in [3.63, 3.8) is 0 Å². The highest BCUT2D eigenvalue weighted by atomic mass is 13.9. The van der Waals surface area contributed by atoms with Gasteiger partial charge in [-0.15, -0.1) is 0 Å². The summed E-state index contributed by atoms with van der Waals surface area (Å²) in [6.45, 7) is 22.1. The normalized spacial score (nSPS) is 7.93. The lowest BCUT2D eigenvalue weighted by Gasteiger charge is -1.98. The van der Waals surface area contributed by atoms with Crippen LogP contribution in [-0.2, 0) is 0 Å². The summed E-state index contributed by atoms with van der Waals surface area (Å²) < 4.78 is 0. The fourth-order valence-electron chi connectivity index (χ4n) is 0.752. The Morgan fingerprint density at radius 3 is 1.29 bits per heavy atom. The molecule has 0 bridgehead atoms. The van der Waals surface area contributed by atoms with Gasteiger partial charge in [0.15, 0.2) is 0 Å². The van der Waals surface area contributed by atoms with Gasteiger partial charge in [-0.1, -0.05) is 72.3 Å². The van der Waals surface area contributed by atoms with Crippen LogP contribution in [0.15, 0.2) is 23.8 Å². The summed E-state index contributed by atoms with van der Waals surface area (Å²) in [7, 11) is 0. The molecule has 88 valence electrons. The van der Waals surface area contributed by atoms with Crippen LogP contribution in [0.2, 0.25) is 0 Å². The first-order chi connectivity index (χ1) is 6.72. The minimum Gasteiger partial charge on any atom is -0.0959 e. The predicted octanol–water partition coefficient (Wildman–Crippen LogP) is 6.00. The third-order valence-corrected chi connectivity index (χ3v) is 1.28. The number of allylic oxidation sites excluding steroid dienone is 3. The first-order valence-electron chi connectivity index (χ1n) is 6.03. The summed E-state index contributed by atoms with van der Waals surface area (Å²) in [5.41, 5.74) is 2.56. The Labute approximate surface area is 93.1 Å². The summed E-state index contributed by atoms with van der Waals surface area (Å²) in [4.78, 5) is 0. The Kier molecular flexibility index (Phi) is 49.1. The maximum Gasteiger partial charge on any atom is -0.0308 e. The van der Waals surface area contributed by atoms with Crippen LogP contribution >= 0.6 is 0 Å². The van der Waals surface area contributed by atoms with Crippen LogP contribution in [-0.4, -0.2) is 0 Å². The molecule has 0 aromatic carbocycles. The predicted molar refractivity (Wildman–Crippen MR) is 72.9 cm³/mol. The van der Waals surface area contributed by atoms with Gasteiger partial charge >= 0.3 is 0 Å². The largest absolute Gasteiger partial charge is 0.0959 e. The molecule has 0 saturated heterocycles. The van der Waals surface area contributed by atoms with Crippen LogP contribution in [0.1, 0.15) is 68.7 Å². The quantitative estimate of drug-likeness (QED) is 0.480. The maximum absolute atomic E-state index is 3.83. The monoisotopic (exact) mass is 200 g/mol. The average molecular weight is 200 g/mol. The molecular formula is C14H32. The third kappa shape index (κ3) is 22.5. The number of hydrogen-bond acceptors (Lipinski definition) is 0. The Hall–Kier alpha value is -0.520. The van der Waals surface area contributed by atoms with Crippen LogP contribution in [0.25, 0.3) is 0 Å². The van der Waals surface area contributed by atoms with E-state index in [1.165, 1.54) is 11.1 Å². The van der Waals surface area contributed by atoms with E-state index in [1.54, 1.807) is 0 Å². The van der Waals surface area contributed by atoms with Crippen LogP contribution in [0.5, 0.6) is 0 Å². The summed E-state index contributed by atoms with van der Waals surface area (Å²) in [6, 6.07) is 0. The van der Waals surface area contributed by atoms with Gasteiger partial charge in [-0.05, 0) is 20.3 Å². The number of rotatable bonds is 2. The van der Waals surface area contributed by atoms with Crippen molar-refractivity contribution < 1.29 is 0 Å². The number of hydrogen-bond donors (Lipinski definition) is 0. The first kappa shape index (κ1) is 23.4. The van der Waals surface area contributed by atoms with Crippen molar-refractivity contribution in [2.24, 2.45) is 0 Å². The second-order valence-corrected chi connectivity index (χ2v) is 1.95. The standard InChI is InChI=1S/C8H14.3C2H6/c1-5-8(6-2)7(3)4;3*1-2/h5H,3,6H2,1-2,4H3;3*1-2H3/b8-5+;;;. The summed E-state index contributed by atoms with van der Waals surface area (Å²) in [5, 5.41) is 0. The fourth-order valence-corrected chi connectivity index (χ4v) is 0.752. The fraction of sp³-hybridized carbons (Fsp3) is 0.714. The van der Waals surface area contributed by atoms with Crippen LogP contribution in [0, 0.1) is 0 Å². The first-order valence-corrected chi connectivity index (χ1v) is 6.03. The molecule has 0 spiro atoms. The SMILES string of the molecule is C=C(C)/C(=C/C)CC.CC.CC.CC. The molecule has 0 nitrogen and oxygen atoms in total. The van der Waals surface area contributed by atoms with Gasteiger partial charge in [0.2, 0.25) is 0 Å². The van der Waals surface area contributed by atoms with Gasteiger partial charge in [-0.25, -0.2) is 0 Å². The molecule has 0 unspecified atom stereocenters. The molecule has 0 saturated carbocycles. The van der Waals surface area contributed by atoms with Crippen molar-refractivity contribution in [1.29, 1.82) is 0 Å². The molecule has 0 aromatic heterocycles. The Morgan fingerprint density at radius 2 is 1.29 bits per heavy atom. The second-order valence-electron chi connectivity index (χ2n) is 1.95. The summed E-state index contributed by atoms with van der Waals surface area (Å²) in [6.07, 6.45) is 3.22. The van der Waals surface area contributed by atoms with Crippen molar-refractivity contribution in [2.75, 3.05) is 0 Å². The minimum atomic E-state index is 1.10. The lowest BCUT2D eigenvalue weighted by atomic mass is 10.1. The van der Waals surface area contributed by atoms with Gasteiger partial charge in [-0.3, -0.25) is 0 Å². The van der Waals surface area contributed by atoms with E-state index in [0.717, 1.165) is 6.42 Å². The highest BCUT2D eigenvalue weighted by molar-refractivity contribution is 5.24. The van der Waals surface area contributed by atoms with Gasteiger partial charge in [0, 0.05) is 0 Å². The van der Waals surface area contributed by atoms with Crippen LogP contribution in [0.3, 0.4) is 0 Å². The van der Waals surface area contributed by atoms with Crippen molar-refractivity contribution >= 4 is 0 Å². The molecule has 0 amide bonds. The molecule has 0 aliphatic rings. The molecule has 0 heteroatoms. The van der Waals surface area contributed by atoms with E-state index in [0.29, 0.717) is 0 Å². The molecular weight excluding hydrogens is 168 g/mol. The van der Waals surface area contributed by atoms with Crippen molar-refractivity contribution in [2.45, 2.75) is 68.7 Å². The topological polar surface area (TPSA) is 0 Å². The van der Waals surface area contributed by atoms with Crippen LogP contribution in [0.4, 0.5) is 0 Å². The van der Waals surface area contributed by atoms with E-state index < -0.39 is 0 Å². The Balaban J connectivity index is -0.0000000708. The van der Waals surface area contributed by atoms with E-state index >= 15 is 0 Å². The zero-order chi connectivity index (χ0) is 12.6. The maximum atomic E-state index is 3.83. The Morgan fingerprint density at radius 1 is 1.00 bits per heavy atom. The molecule has 0 heterocycles. The lowest BCUT2D eigenvalue weighted by Crippen LogP contribution is -1.78. The van der Waals surface area contributed by atoms with E-state index in [2.05, 4.69) is 19.6 Å². The smallest absolute Gasteiger partial charge is 0.0308 e. The average Bonchev–Trinajstić information content (AvgIpc) is 2.28. The summed E-state index contributed by atoms with van der Waals surface area (Å²) in [5.74, 6) is 0. The highest BCUT2D eigenvalue weighted by Gasteiger charge is 1.88.